The maximum Gasteiger partial charge on any atom is 0.399 e. The van der Waals surface area contributed by atoms with Gasteiger partial charge in [0, 0.05) is 194 Å². The Hall–Kier alpha value is -11.1. The number of aromatic carboxylic acids is 2. The summed E-state index contributed by atoms with van der Waals surface area (Å²) in [6.07, 6.45) is 11.2. The van der Waals surface area contributed by atoms with Gasteiger partial charge in [-0.15, -0.1) is 184 Å². The first-order chi connectivity index (χ1) is 56.2. The standard InChI is InChI=1S/C15H10N.C13H9F3N.2C12H10N.C11H6F2N.C11H8N.2C6H5NO2.2C5H8O2.6Ir/c1-2-7-13(8-3-1)15-14-9-5-4-6-12(14)10-11-16-15;1-9-6-10(12-4-2-3-5-17-12)8-11(7-9)13(14,15)16;1-10-5-4-6-11(9-10)12-7-2-3-8-13-12;1-10-5-7-11(8-6-10)12-4-2-3-9-13-12;12-8-4-5-9(10(13)7-8)11-3-1-2-6-14-11;1-2-6-10(7-3-1)11-8-4-5-9-12-11;2*8-6(9)5-3-1-2-4-7-5;2*1-4(6)3-5(2)7;;;;;;/h1-7,9-11H;2-7H,1H3;2-5,7-9H,1H3;2-7,9H,1H3;1-4,6-7H;1-6,8-9H;2*1-4H,(H,8,9);2*3,6H,1-2H3;;;;;;/q6*-1;;;;;;;;;;. The van der Waals surface area contributed by atoms with Crippen LogP contribution in [0.2, 0.25) is 0 Å². The van der Waals surface area contributed by atoms with Crippen LogP contribution in [0, 0.1) is 68.8 Å². The van der Waals surface area contributed by atoms with Crippen LogP contribution in [0.4, 0.5) is 22.0 Å². The molecule has 8 aromatic heterocycles. The van der Waals surface area contributed by atoms with Gasteiger partial charge in [-0.25, -0.2) is 19.6 Å². The van der Waals surface area contributed by atoms with Crippen LogP contribution in [-0.4, -0.2) is 83.8 Å². The molecule has 0 bridgehead atoms. The molecule has 8 heterocycles. The fraction of sp³-hybridized carbons (Fsp3) is 0.0833. The molecule has 0 saturated carbocycles. The topological polar surface area (TPSA) is 252 Å². The Morgan fingerprint density at radius 1 is 0.350 bits per heavy atom. The number of aliphatic hydroxyl groups excluding tert-OH is 2. The van der Waals surface area contributed by atoms with Crippen molar-refractivity contribution in [3.05, 3.63) is 422 Å². The fourth-order valence-corrected chi connectivity index (χ4v) is 9.63. The van der Waals surface area contributed by atoms with E-state index in [0.29, 0.717) is 22.5 Å². The Bertz CT molecular complexity index is 5450. The third-order valence-electron chi connectivity index (χ3n) is 14.7. The maximum absolute atomic E-state index is 13.2. The molecule has 4 N–H and O–H groups in total. The Morgan fingerprint density at radius 2 is 0.756 bits per heavy atom. The van der Waals surface area contributed by atoms with Crippen LogP contribution in [0.15, 0.2) is 340 Å². The van der Waals surface area contributed by atoms with Crippen LogP contribution < -0.4 is 0 Å². The van der Waals surface area contributed by atoms with E-state index in [1.807, 2.05) is 152 Å². The third-order valence-corrected chi connectivity index (χ3v) is 14.7. The Labute approximate surface area is 793 Å². The van der Waals surface area contributed by atoms with Crippen LogP contribution in [0.25, 0.3) is 78.3 Å². The average molecular weight is 2720 g/mol. The average Bonchev–Trinajstić information content (AvgIpc) is 0.833. The summed E-state index contributed by atoms with van der Waals surface area (Å²) in [5.41, 5.74) is 12.0. The summed E-state index contributed by atoms with van der Waals surface area (Å²) < 4.78 is 63.6. The first-order valence-electron chi connectivity index (χ1n) is 35.6. The summed E-state index contributed by atoms with van der Waals surface area (Å²) in [5, 5.41) is 35.8. The summed E-state index contributed by atoms with van der Waals surface area (Å²) in [7, 11) is 0. The Kier molecular flexibility index (Phi) is 56.5. The molecule has 0 unspecified atom stereocenters. The van der Waals surface area contributed by atoms with Gasteiger partial charge >= 0.3 is 18.1 Å². The Balaban J connectivity index is 0.00000135. The van der Waals surface area contributed by atoms with Gasteiger partial charge in [0.05, 0.1) is 11.5 Å². The van der Waals surface area contributed by atoms with Crippen molar-refractivity contribution in [2.24, 2.45) is 0 Å². The molecule has 6 radical (unpaired) electrons. The van der Waals surface area contributed by atoms with E-state index in [1.165, 1.54) is 86.3 Å². The van der Waals surface area contributed by atoms with E-state index < -0.39 is 35.3 Å². The number of aryl methyl sites for hydroxylation is 3. The molecule has 0 amide bonds. The van der Waals surface area contributed by atoms with Gasteiger partial charge < -0.3 is 50.3 Å². The molecule has 123 heavy (non-hydrogen) atoms. The molecular weight excluding hydrogens is 2640 g/mol. The largest absolute Gasteiger partial charge is 0.512 e. The van der Waals surface area contributed by atoms with Crippen molar-refractivity contribution < 1.29 is 182 Å². The number of rotatable bonds is 10. The van der Waals surface area contributed by atoms with E-state index in [-0.39, 0.29) is 161 Å². The first-order valence-corrected chi connectivity index (χ1v) is 35.6. The number of aromatic nitrogens is 8. The van der Waals surface area contributed by atoms with Crippen molar-refractivity contribution in [1.29, 1.82) is 0 Å². The number of carboxylic acids is 2. The van der Waals surface area contributed by atoms with Crippen molar-refractivity contribution >= 4 is 34.3 Å². The van der Waals surface area contributed by atoms with Crippen molar-refractivity contribution in [3.63, 3.8) is 0 Å². The number of halogens is 5. The molecule has 0 fully saturated rings. The number of hydrogen-bond acceptors (Lipinski definition) is 14. The number of aliphatic hydroxyl groups is 2. The predicted molar refractivity (Wildman–Crippen MR) is 444 cm³/mol. The summed E-state index contributed by atoms with van der Waals surface area (Å²) in [4.78, 5) is 72.6. The van der Waals surface area contributed by atoms with E-state index in [9.17, 15) is 41.1 Å². The fourth-order valence-electron chi connectivity index (χ4n) is 9.63. The predicted octanol–water partition coefficient (Wildman–Crippen LogP) is 22.3. The first kappa shape index (κ1) is 112. The summed E-state index contributed by atoms with van der Waals surface area (Å²) in [6, 6.07) is 97.7. The number of pyridine rings is 8. The molecule has 0 atom stereocenters. The van der Waals surface area contributed by atoms with Gasteiger partial charge in [-0.2, -0.15) is 13.2 Å². The summed E-state index contributed by atoms with van der Waals surface area (Å²) in [6.45, 7) is 11.4. The molecule has 646 valence electrons. The number of carbonyl (C=O) groups excluding carboxylic acids is 2. The van der Waals surface area contributed by atoms with Crippen LogP contribution >= 0.6 is 0 Å². The van der Waals surface area contributed by atoms with Gasteiger partial charge in [0.1, 0.15) is 11.4 Å². The van der Waals surface area contributed by atoms with Gasteiger partial charge in [-0.3, -0.25) is 18.4 Å². The van der Waals surface area contributed by atoms with Crippen molar-refractivity contribution in [2.45, 2.75) is 54.6 Å². The quantitative estimate of drug-likeness (QED) is 0.0430. The summed E-state index contributed by atoms with van der Waals surface area (Å²) in [5.74, 6) is -3.39. The molecule has 0 aliphatic rings. The molecule has 0 spiro atoms. The van der Waals surface area contributed by atoms with Gasteiger partial charge in [-0.05, 0) is 139 Å². The van der Waals surface area contributed by atoms with Gasteiger partial charge in [0.25, 0.3) is 0 Å². The second-order valence-electron chi connectivity index (χ2n) is 24.4. The zero-order valence-electron chi connectivity index (χ0n) is 66.6. The second-order valence-corrected chi connectivity index (χ2v) is 24.4. The molecule has 0 aliphatic heterocycles. The Morgan fingerprint density at radius 3 is 1.13 bits per heavy atom. The number of nitrogens with zero attached hydrogens (tertiary/aromatic N) is 8. The molecular formula is C96H79F5Ir6N8O8-6. The van der Waals surface area contributed by atoms with E-state index >= 15 is 0 Å². The molecule has 16 nitrogen and oxygen atoms in total. The van der Waals surface area contributed by atoms with Crippen molar-refractivity contribution in [3.8, 4) is 67.5 Å². The minimum atomic E-state index is -4.38. The number of alkyl halides is 3. The molecule has 0 aliphatic carbocycles. The zero-order chi connectivity index (χ0) is 84.7. The molecule has 15 rings (SSSR count). The minimum Gasteiger partial charge on any atom is -0.512 e. The van der Waals surface area contributed by atoms with E-state index in [4.69, 9.17) is 20.4 Å². The third kappa shape index (κ3) is 44.0. The van der Waals surface area contributed by atoms with Crippen LogP contribution in [0.1, 0.15) is 70.9 Å². The smallest absolute Gasteiger partial charge is 0.399 e. The van der Waals surface area contributed by atoms with Crippen LogP contribution in [0.5, 0.6) is 0 Å². The normalized spacial score (nSPS) is 9.76. The maximum atomic E-state index is 13.2. The van der Waals surface area contributed by atoms with Crippen molar-refractivity contribution in [1.82, 2.24) is 39.9 Å². The molecule has 27 heteroatoms. The van der Waals surface area contributed by atoms with Gasteiger partial charge in [0.15, 0.2) is 11.6 Å². The number of benzene rings is 7. The second kappa shape index (κ2) is 62.1. The van der Waals surface area contributed by atoms with E-state index in [2.05, 4.69) is 114 Å². The van der Waals surface area contributed by atoms with E-state index in [1.54, 1.807) is 105 Å². The number of ketones is 2. The molecule has 15 aromatic rings. The summed E-state index contributed by atoms with van der Waals surface area (Å²) >= 11 is 0. The van der Waals surface area contributed by atoms with Crippen LogP contribution in [0.3, 0.4) is 0 Å². The number of allylic oxidation sites excluding steroid dienone is 4. The van der Waals surface area contributed by atoms with Crippen LogP contribution in [-0.2, 0) is 136 Å². The molecule has 7 aromatic carbocycles. The number of carboxylic acid groups (broad SMARTS) is 2. The van der Waals surface area contributed by atoms with Crippen molar-refractivity contribution in [2.75, 3.05) is 0 Å². The van der Waals surface area contributed by atoms with Gasteiger partial charge in [0.2, 0.25) is 0 Å². The van der Waals surface area contributed by atoms with Gasteiger partial charge in [-0.1, -0.05) is 129 Å². The minimum absolute atomic E-state index is 0. The SMILES string of the molecule is CC(=O)C=C(C)O.CC(=O)C=C(C)O.Cc1c[c-]c(-c2ccccn2)cc1.Cc1cc(-c2ccccn2)[c-]c(C(F)(F)F)c1.Cc1cc[c-]c(-c2ccccn2)c1.Fc1c[c-]c(-c2ccccn2)c(F)c1.O=C(O)c1ccccn1.O=C(O)c1ccccn1.[Ir].[Ir].[Ir].[Ir].[Ir].[Ir].[c-]1ccccc1-c1ccccn1.[c-]1ccccc1-c1nccc2ccccc12. The number of fused-ring (bicyclic) bond motifs is 1. The number of carbonyl (C=O) groups is 4. The monoisotopic (exact) mass is 2720 g/mol. The van der Waals surface area contributed by atoms with E-state index in [0.717, 1.165) is 63.2 Å². The zero-order valence-corrected chi connectivity index (χ0v) is 80.9. The number of hydrogen-bond donors (Lipinski definition) is 4. The molecule has 0 saturated heterocycles.